The molecule has 0 saturated carbocycles. The van der Waals surface area contributed by atoms with E-state index in [1.165, 1.54) is 0 Å². The lowest BCUT2D eigenvalue weighted by Gasteiger charge is -2.34. The van der Waals surface area contributed by atoms with Gasteiger partial charge in [0.05, 0.1) is 43.7 Å². The fraction of sp³-hybridized carbons (Fsp3) is 1.00. The van der Waals surface area contributed by atoms with Gasteiger partial charge in [-0.25, -0.2) is 0 Å². The zero-order valence-corrected chi connectivity index (χ0v) is 13.1. The standard InChI is InChI=1S/C14H31NO3/c1-11(2)16-8-14(15-7,9-17-12(3)4)10-18-13(5)6/h11-13,15H,8-10H2,1-7H3. The molecule has 0 atom stereocenters. The molecule has 0 aliphatic rings. The highest BCUT2D eigenvalue weighted by atomic mass is 16.5. The van der Waals surface area contributed by atoms with E-state index in [4.69, 9.17) is 14.2 Å². The van der Waals surface area contributed by atoms with Crippen LogP contribution in [0.1, 0.15) is 41.5 Å². The molecule has 0 rings (SSSR count). The summed E-state index contributed by atoms with van der Waals surface area (Å²) < 4.78 is 17.2. The lowest BCUT2D eigenvalue weighted by molar-refractivity contribution is -0.0710. The van der Waals surface area contributed by atoms with Crippen LogP contribution in [0.2, 0.25) is 0 Å². The molecule has 0 heterocycles. The fourth-order valence-corrected chi connectivity index (χ4v) is 1.32. The Kier molecular flexibility index (Phi) is 8.78. The summed E-state index contributed by atoms with van der Waals surface area (Å²) in [4.78, 5) is 0. The molecule has 0 saturated heterocycles. The second-order valence-electron chi connectivity index (χ2n) is 5.61. The van der Waals surface area contributed by atoms with Crippen molar-refractivity contribution in [1.29, 1.82) is 0 Å². The van der Waals surface area contributed by atoms with Gasteiger partial charge in [0.2, 0.25) is 0 Å². The van der Waals surface area contributed by atoms with E-state index in [1.54, 1.807) is 0 Å². The maximum absolute atomic E-state index is 5.74. The van der Waals surface area contributed by atoms with E-state index in [1.807, 2.05) is 48.6 Å². The zero-order valence-electron chi connectivity index (χ0n) is 13.1. The van der Waals surface area contributed by atoms with Gasteiger partial charge in [0.15, 0.2) is 0 Å². The smallest absolute Gasteiger partial charge is 0.0887 e. The molecule has 0 spiro atoms. The minimum absolute atomic E-state index is 0.204. The molecule has 0 aliphatic carbocycles. The molecule has 110 valence electrons. The molecule has 4 nitrogen and oxygen atoms in total. The van der Waals surface area contributed by atoms with E-state index in [9.17, 15) is 0 Å². The van der Waals surface area contributed by atoms with Crippen molar-refractivity contribution in [2.75, 3.05) is 26.9 Å². The lowest BCUT2D eigenvalue weighted by Crippen LogP contribution is -2.56. The number of hydrogen-bond donors (Lipinski definition) is 1. The SMILES string of the molecule is CNC(COC(C)C)(COC(C)C)COC(C)C. The summed E-state index contributed by atoms with van der Waals surface area (Å²) in [6, 6.07) is 0. The van der Waals surface area contributed by atoms with Gasteiger partial charge in [-0.05, 0) is 48.6 Å². The van der Waals surface area contributed by atoms with Crippen molar-refractivity contribution in [3.63, 3.8) is 0 Å². The van der Waals surface area contributed by atoms with E-state index < -0.39 is 0 Å². The third-order valence-electron chi connectivity index (χ3n) is 2.61. The quantitative estimate of drug-likeness (QED) is 0.654. The van der Waals surface area contributed by atoms with E-state index in [2.05, 4.69) is 5.32 Å². The van der Waals surface area contributed by atoms with Gasteiger partial charge < -0.3 is 19.5 Å². The van der Waals surface area contributed by atoms with Gasteiger partial charge >= 0.3 is 0 Å². The van der Waals surface area contributed by atoms with Crippen LogP contribution in [0.25, 0.3) is 0 Å². The fourth-order valence-electron chi connectivity index (χ4n) is 1.32. The molecule has 0 fully saturated rings. The second kappa shape index (κ2) is 8.86. The maximum Gasteiger partial charge on any atom is 0.0887 e. The molecule has 0 amide bonds. The third kappa shape index (κ3) is 8.03. The maximum atomic E-state index is 5.74. The molecule has 0 aliphatic heterocycles. The Bertz CT molecular complexity index is 174. The Hall–Kier alpha value is -0.160. The van der Waals surface area contributed by atoms with Gasteiger partial charge in [0.25, 0.3) is 0 Å². The summed E-state index contributed by atoms with van der Waals surface area (Å²) >= 11 is 0. The van der Waals surface area contributed by atoms with Crippen molar-refractivity contribution >= 4 is 0 Å². The summed E-state index contributed by atoms with van der Waals surface area (Å²) in [5.41, 5.74) is -0.279. The average molecular weight is 261 g/mol. The predicted octanol–water partition coefficient (Wildman–Crippen LogP) is 2.22. The first-order valence-corrected chi connectivity index (χ1v) is 6.85. The van der Waals surface area contributed by atoms with Crippen LogP contribution in [0.3, 0.4) is 0 Å². The molecule has 0 unspecified atom stereocenters. The molecule has 18 heavy (non-hydrogen) atoms. The molecule has 4 heteroatoms. The Balaban J connectivity index is 4.49. The molecule has 0 aromatic heterocycles. The van der Waals surface area contributed by atoms with Gasteiger partial charge in [0.1, 0.15) is 0 Å². The largest absolute Gasteiger partial charge is 0.377 e. The van der Waals surface area contributed by atoms with E-state index in [0.717, 1.165) is 0 Å². The van der Waals surface area contributed by atoms with Crippen LogP contribution in [-0.4, -0.2) is 50.7 Å². The summed E-state index contributed by atoms with van der Waals surface area (Å²) in [6.45, 7) is 14.0. The van der Waals surface area contributed by atoms with Crippen LogP contribution in [0.5, 0.6) is 0 Å². The second-order valence-corrected chi connectivity index (χ2v) is 5.61. The number of ether oxygens (including phenoxy) is 3. The van der Waals surface area contributed by atoms with E-state index in [0.29, 0.717) is 19.8 Å². The Morgan fingerprint density at radius 1 is 0.722 bits per heavy atom. The third-order valence-corrected chi connectivity index (χ3v) is 2.61. The Labute approximate surface area is 112 Å². The van der Waals surface area contributed by atoms with Crippen molar-refractivity contribution in [1.82, 2.24) is 5.32 Å². The van der Waals surface area contributed by atoms with E-state index in [-0.39, 0.29) is 23.9 Å². The highest BCUT2D eigenvalue weighted by Gasteiger charge is 2.31. The molecule has 1 N–H and O–H groups in total. The molecular formula is C14H31NO3. The summed E-state index contributed by atoms with van der Waals surface area (Å²) in [5.74, 6) is 0. The average Bonchev–Trinajstić information content (AvgIpc) is 2.28. The Morgan fingerprint density at radius 2 is 1.00 bits per heavy atom. The molecular weight excluding hydrogens is 230 g/mol. The van der Waals surface area contributed by atoms with Crippen molar-refractivity contribution in [3.05, 3.63) is 0 Å². The van der Waals surface area contributed by atoms with Crippen molar-refractivity contribution in [3.8, 4) is 0 Å². The summed E-state index contributed by atoms with van der Waals surface area (Å²) in [7, 11) is 1.93. The monoisotopic (exact) mass is 261 g/mol. The number of hydrogen-bond acceptors (Lipinski definition) is 4. The highest BCUT2D eigenvalue weighted by molar-refractivity contribution is 4.87. The minimum atomic E-state index is -0.279. The molecule has 0 aromatic rings. The number of rotatable bonds is 10. The van der Waals surface area contributed by atoms with Crippen LogP contribution in [0, 0.1) is 0 Å². The summed E-state index contributed by atoms with van der Waals surface area (Å²) in [5, 5.41) is 3.31. The Morgan fingerprint density at radius 3 is 1.17 bits per heavy atom. The van der Waals surface area contributed by atoms with Gasteiger partial charge in [-0.2, -0.15) is 0 Å². The number of nitrogens with one attached hydrogen (secondary N) is 1. The van der Waals surface area contributed by atoms with Crippen LogP contribution in [0.15, 0.2) is 0 Å². The molecule has 0 bridgehead atoms. The first-order chi connectivity index (χ1) is 8.31. The first kappa shape index (κ1) is 17.8. The van der Waals surface area contributed by atoms with Crippen LogP contribution < -0.4 is 5.32 Å². The molecule has 0 radical (unpaired) electrons. The first-order valence-electron chi connectivity index (χ1n) is 6.85. The van der Waals surface area contributed by atoms with Gasteiger partial charge in [-0.15, -0.1) is 0 Å². The van der Waals surface area contributed by atoms with Gasteiger partial charge in [-0.1, -0.05) is 0 Å². The van der Waals surface area contributed by atoms with Crippen LogP contribution in [0.4, 0.5) is 0 Å². The normalized spacial score (nSPS) is 13.0. The van der Waals surface area contributed by atoms with Crippen molar-refractivity contribution in [2.45, 2.75) is 65.4 Å². The van der Waals surface area contributed by atoms with Crippen LogP contribution in [-0.2, 0) is 14.2 Å². The minimum Gasteiger partial charge on any atom is -0.377 e. The summed E-state index contributed by atoms with van der Waals surface area (Å²) in [6.07, 6.45) is 0.613. The zero-order chi connectivity index (χ0) is 14.2. The van der Waals surface area contributed by atoms with Crippen molar-refractivity contribution in [2.24, 2.45) is 0 Å². The van der Waals surface area contributed by atoms with Crippen LogP contribution >= 0.6 is 0 Å². The van der Waals surface area contributed by atoms with E-state index >= 15 is 0 Å². The highest BCUT2D eigenvalue weighted by Crippen LogP contribution is 2.11. The lowest BCUT2D eigenvalue weighted by atomic mass is 10.0. The van der Waals surface area contributed by atoms with Gasteiger partial charge in [0, 0.05) is 0 Å². The topological polar surface area (TPSA) is 39.7 Å². The molecule has 0 aromatic carbocycles. The van der Waals surface area contributed by atoms with Crippen molar-refractivity contribution < 1.29 is 14.2 Å². The van der Waals surface area contributed by atoms with Gasteiger partial charge in [-0.3, -0.25) is 0 Å². The number of likely N-dealkylation sites (N-methyl/N-ethyl adjacent to an activating group) is 1. The predicted molar refractivity (Wildman–Crippen MR) is 75.1 cm³/mol.